The first-order chi connectivity index (χ1) is 18.3. The van der Waals surface area contributed by atoms with Gasteiger partial charge in [0, 0.05) is 23.6 Å². The number of carbonyl (C=O) groups is 3. The number of phenolic OH excluding ortho intramolecular Hbond substituents is 1. The number of phenols is 1. The number of nitrogens with two attached hydrogens (primary N) is 2. The molecule has 2 aromatic carbocycles. The monoisotopic (exact) mass is 533 g/mol. The van der Waals surface area contributed by atoms with Crippen LogP contribution in [0.2, 0.25) is 0 Å². The van der Waals surface area contributed by atoms with Crippen molar-refractivity contribution in [2.45, 2.75) is 38.0 Å². The van der Waals surface area contributed by atoms with E-state index in [-0.39, 0.29) is 36.3 Å². The molecule has 4 atom stereocenters. The summed E-state index contributed by atoms with van der Waals surface area (Å²) in [7, 11) is 3.13. The van der Waals surface area contributed by atoms with E-state index in [1.807, 2.05) is 31.2 Å². The minimum absolute atomic E-state index is 0.0262. The Labute approximate surface area is 224 Å². The fraction of sp³-hybridized carbons (Fsp3) is 0.345. The van der Waals surface area contributed by atoms with Gasteiger partial charge >= 0.3 is 0 Å². The number of Topliss-reactive ketones (excluding diaryl/α,β-unsaturated/α-hetero) is 2. The van der Waals surface area contributed by atoms with Gasteiger partial charge in [-0.15, -0.1) is 0 Å². The lowest BCUT2D eigenvalue weighted by Crippen LogP contribution is -2.65. The van der Waals surface area contributed by atoms with Crippen molar-refractivity contribution in [3.05, 3.63) is 69.5 Å². The van der Waals surface area contributed by atoms with Crippen molar-refractivity contribution in [3.63, 3.8) is 0 Å². The predicted molar refractivity (Wildman–Crippen MR) is 142 cm³/mol. The average Bonchev–Trinajstić information content (AvgIpc) is 2.86. The van der Waals surface area contributed by atoms with Crippen LogP contribution in [0.3, 0.4) is 0 Å². The van der Waals surface area contributed by atoms with Gasteiger partial charge in [0.05, 0.1) is 11.6 Å². The summed E-state index contributed by atoms with van der Waals surface area (Å²) < 4.78 is 0. The van der Waals surface area contributed by atoms with Gasteiger partial charge in [0.2, 0.25) is 5.78 Å². The normalized spacial score (nSPS) is 26.5. The summed E-state index contributed by atoms with van der Waals surface area (Å²) in [6, 6.07) is 8.33. The van der Waals surface area contributed by atoms with E-state index in [9.17, 15) is 34.8 Å². The van der Waals surface area contributed by atoms with Crippen LogP contribution in [0.1, 0.15) is 28.7 Å². The van der Waals surface area contributed by atoms with Crippen LogP contribution in [-0.2, 0) is 27.3 Å². The smallest absolute Gasteiger partial charge is 0.255 e. The molecule has 0 bridgehead atoms. The van der Waals surface area contributed by atoms with E-state index in [0.29, 0.717) is 11.1 Å². The van der Waals surface area contributed by atoms with Crippen LogP contribution in [0.15, 0.2) is 47.2 Å². The summed E-state index contributed by atoms with van der Waals surface area (Å²) in [5.41, 5.74) is 11.1. The largest absolute Gasteiger partial charge is 0.508 e. The maximum Gasteiger partial charge on any atom is 0.255 e. The van der Waals surface area contributed by atoms with Gasteiger partial charge in [0.15, 0.2) is 11.4 Å². The average molecular weight is 534 g/mol. The van der Waals surface area contributed by atoms with Crippen LogP contribution in [0, 0.1) is 18.8 Å². The van der Waals surface area contributed by atoms with Crippen molar-refractivity contribution in [2.24, 2.45) is 23.3 Å². The molecule has 39 heavy (non-hydrogen) atoms. The van der Waals surface area contributed by atoms with Gasteiger partial charge in [-0.1, -0.05) is 29.8 Å². The topological polar surface area (TPSA) is 187 Å². The number of nitrogens with zero attached hydrogens (tertiary/aromatic N) is 1. The molecule has 2 aromatic rings. The van der Waals surface area contributed by atoms with Crippen LogP contribution in [0.25, 0.3) is 16.9 Å². The van der Waals surface area contributed by atoms with Crippen LogP contribution in [0.4, 0.5) is 0 Å². The van der Waals surface area contributed by atoms with E-state index < -0.39 is 58.0 Å². The van der Waals surface area contributed by atoms with Crippen molar-refractivity contribution in [3.8, 4) is 16.9 Å². The second-order valence-corrected chi connectivity index (χ2v) is 10.8. The number of amides is 1. The fourth-order valence-corrected chi connectivity index (χ4v) is 6.59. The lowest BCUT2D eigenvalue weighted by atomic mass is 9.57. The maximum atomic E-state index is 14.0. The quantitative estimate of drug-likeness (QED) is 0.316. The number of hydrogen-bond donors (Lipinski definition) is 6. The van der Waals surface area contributed by atoms with Crippen molar-refractivity contribution in [1.29, 1.82) is 0 Å². The zero-order valence-electron chi connectivity index (χ0n) is 21.9. The molecule has 0 saturated heterocycles. The second kappa shape index (κ2) is 9.04. The van der Waals surface area contributed by atoms with E-state index in [2.05, 4.69) is 0 Å². The number of fused-ring (bicyclic) bond motifs is 3. The Morgan fingerprint density at radius 1 is 1.15 bits per heavy atom. The number of benzene rings is 2. The van der Waals surface area contributed by atoms with Gasteiger partial charge in [-0.2, -0.15) is 0 Å². The highest BCUT2D eigenvalue weighted by atomic mass is 16.3. The van der Waals surface area contributed by atoms with Gasteiger partial charge in [-0.25, -0.2) is 0 Å². The number of carbonyl (C=O) groups excluding carboxylic acids is 3. The van der Waals surface area contributed by atoms with Crippen molar-refractivity contribution in [1.82, 2.24) is 4.90 Å². The van der Waals surface area contributed by atoms with Gasteiger partial charge in [0.25, 0.3) is 5.91 Å². The van der Waals surface area contributed by atoms with Gasteiger partial charge in [-0.05, 0) is 62.5 Å². The number of rotatable bonds is 4. The Morgan fingerprint density at radius 2 is 1.85 bits per heavy atom. The number of aliphatic hydroxyl groups is 3. The second-order valence-electron chi connectivity index (χ2n) is 10.8. The molecular weight excluding hydrogens is 502 g/mol. The number of hydrogen-bond acceptors (Lipinski definition) is 9. The molecule has 0 aromatic heterocycles. The minimum Gasteiger partial charge on any atom is -0.508 e. The third-order valence-corrected chi connectivity index (χ3v) is 8.35. The standard InChI is InChI=1S/C29H31N3O7/c1-12-5-4-6-13(7-12)16-9-15(11-30)23(33)20-17(16)8-14-10-18-22(32(2)3)25(35)21(28(31)38)27(37)29(18,39)26(36)19(14)24(20)34/h4-7,9,14,18,22,33-34,37,39H,8,10-11,30H2,1-3H3,(H2,31,38)/t14-,18-,22-,29-/m0/s1. The number of aliphatic hydroxyl groups excluding tert-OH is 2. The summed E-state index contributed by atoms with van der Waals surface area (Å²) in [5.74, 6) is -6.81. The molecule has 1 amide bonds. The lowest BCUT2D eigenvalue weighted by molar-refractivity contribution is -0.153. The molecule has 3 aliphatic carbocycles. The van der Waals surface area contributed by atoms with Crippen molar-refractivity contribution in [2.75, 3.05) is 14.1 Å². The highest BCUT2D eigenvalue weighted by molar-refractivity contribution is 6.24. The Balaban J connectivity index is 1.78. The first-order valence-corrected chi connectivity index (χ1v) is 12.6. The molecule has 5 rings (SSSR count). The van der Waals surface area contributed by atoms with Crippen LogP contribution in [0.5, 0.6) is 5.75 Å². The molecule has 0 radical (unpaired) electrons. The van der Waals surface area contributed by atoms with Gasteiger partial charge in [0.1, 0.15) is 22.8 Å². The molecule has 0 heterocycles. The van der Waals surface area contributed by atoms with E-state index in [1.165, 1.54) is 4.90 Å². The summed E-state index contributed by atoms with van der Waals surface area (Å²) in [6.07, 6.45) is 0.231. The molecular formula is C29H31N3O7. The van der Waals surface area contributed by atoms with Crippen molar-refractivity contribution < 1.29 is 34.8 Å². The molecule has 0 aliphatic heterocycles. The highest BCUT2D eigenvalue weighted by Gasteiger charge is 2.64. The summed E-state index contributed by atoms with van der Waals surface area (Å²) >= 11 is 0. The van der Waals surface area contributed by atoms with Crippen molar-refractivity contribution >= 4 is 23.2 Å². The molecule has 0 spiro atoms. The van der Waals surface area contributed by atoms with E-state index >= 15 is 0 Å². The number of ketones is 2. The SMILES string of the molecule is Cc1cccc(-c2cc(CN)c(O)c3c2C[C@H]2C[C@H]4[C@H](N(C)C)C(=O)C(C(N)=O)=C(O)[C@@]4(O)C(=O)C2=C3O)c1. The number of likely N-dealkylation sites (N-methyl/N-ethyl adjacent to an activating group) is 1. The number of primary amides is 1. The Kier molecular flexibility index (Phi) is 6.17. The van der Waals surface area contributed by atoms with Crippen LogP contribution >= 0.6 is 0 Å². The summed E-state index contributed by atoms with van der Waals surface area (Å²) in [5, 5.41) is 45.3. The summed E-state index contributed by atoms with van der Waals surface area (Å²) in [4.78, 5) is 40.8. The summed E-state index contributed by atoms with van der Waals surface area (Å²) in [6.45, 7) is 1.90. The van der Waals surface area contributed by atoms with E-state index in [1.54, 1.807) is 20.2 Å². The molecule has 204 valence electrons. The number of aryl methyl sites for hydroxylation is 1. The van der Waals surface area contributed by atoms with Gasteiger partial charge in [-0.3, -0.25) is 19.3 Å². The molecule has 8 N–H and O–H groups in total. The first-order valence-electron chi connectivity index (χ1n) is 12.6. The molecule has 0 unspecified atom stereocenters. The fourth-order valence-electron chi connectivity index (χ4n) is 6.59. The predicted octanol–water partition coefficient (Wildman–Crippen LogP) is 1.40. The zero-order valence-corrected chi connectivity index (χ0v) is 21.9. The highest BCUT2D eigenvalue weighted by Crippen LogP contribution is 2.54. The third-order valence-electron chi connectivity index (χ3n) is 8.35. The lowest BCUT2D eigenvalue weighted by Gasteiger charge is -2.50. The first kappa shape index (κ1) is 26.6. The third kappa shape index (κ3) is 3.63. The van der Waals surface area contributed by atoms with Gasteiger partial charge < -0.3 is 31.9 Å². The van der Waals surface area contributed by atoms with Crippen LogP contribution < -0.4 is 11.5 Å². The molecule has 3 aliphatic rings. The zero-order chi connectivity index (χ0) is 28.5. The molecule has 1 saturated carbocycles. The van der Waals surface area contributed by atoms with E-state index in [4.69, 9.17) is 11.5 Å². The van der Waals surface area contributed by atoms with E-state index in [0.717, 1.165) is 16.7 Å². The van der Waals surface area contributed by atoms with Crippen LogP contribution in [-0.4, -0.2) is 68.5 Å². The maximum absolute atomic E-state index is 14.0. The Bertz CT molecular complexity index is 1520. The minimum atomic E-state index is -2.68. The molecule has 1 fully saturated rings. The molecule has 10 heteroatoms. The Hall–Kier alpha value is -3.99. The molecule has 10 nitrogen and oxygen atoms in total. The number of aromatic hydroxyl groups is 1. The Morgan fingerprint density at radius 3 is 2.44 bits per heavy atom.